The Kier molecular flexibility index (Phi) is 5.58. The Labute approximate surface area is 130 Å². The van der Waals surface area contributed by atoms with Gasteiger partial charge in [0.1, 0.15) is 12.1 Å². The number of hydrogen-bond acceptors (Lipinski definition) is 4. The Balaban J connectivity index is 0.00000220. The van der Waals surface area contributed by atoms with Gasteiger partial charge in [0.25, 0.3) is 5.91 Å². The lowest BCUT2D eigenvalue weighted by Crippen LogP contribution is -2.47. The van der Waals surface area contributed by atoms with Crippen LogP contribution in [0.2, 0.25) is 0 Å². The van der Waals surface area contributed by atoms with Crippen molar-refractivity contribution >= 4 is 30.3 Å². The molecule has 0 unspecified atom stereocenters. The van der Waals surface area contributed by atoms with Crippen molar-refractivity contribution in [2.24, 2.45) is 5.73 Å². The van der Waals surface area contributed by atoms with Crippen molar-refractivity contribution in [3.63, 3.8) is 0 Å². The van der Waals surface area contributed by atoms with Crippen LogP contribution in [0.15, 0.2) is 0 Å². The summed E-state index contributed by atoms with van der Waals surface area (Å²) in [6.45, 7) is 4.60. The molecular formula is C13H23ClN4O3. The van der Waals surface area contributed by atoms with E-state index in [1.54, 1.807) is 4.90 Å². The van der Waals surface area contributed by atoms with E-state index in [0.29, 0.717) is 25.9 Å². The number of halogens is 1. The van der Waals surface area contributed by atoms with Crippen LogP contribution in [0.5, 0.6) is 0 Å². The Morgan fingerprint density at radius 1 is 1.38 bits per heavy atom. The smallest absolute Gasteiger partial charge is 0.325 e. The van der Waals surface area contributed by atoms with Crippen LogP contribution in [-0.4, -0.2) is 58.9 Å². The van der Waals surface area contributed by atoms with Gasteiger partial charge in [0.15, 0.2) is 0 Å². The van der Waals surface area contributed by atoms with Crippen LogP contribution in [0.1, 0.15) is 33.1 Å². The number of carbonyl (C=O) groups excluding carboxylic acids is 3. The average Bonchev–Trinajstić information content (AvgIpc) is 2.96. The van der Waals surface area contributed by atoms with Crippen LogP contribution < -0.4 is 11.1 Å². The molecule has 2 fully saturated rings. The van der Waals surface area contributed by atoms with Crippen molar-refractivity contribution in [3.05, 3.63) is 0 Å². The predicted molar refractivity (Wildman–Crippen MR) is 80.0 cm³/mol. The summed E-state index contributed by atoms with van der Waals surface area (Å²) >= 11 is 0. The van der Waals surface area contributed by atoms with E-state index in [1.165, 1.54) is 0 Å². The molecule has 1 atom stereocenters. The van der Waals surface area contributed by atoms with Gasteiger partial charge in [-0.05, 0) is 19.3 Å². The monoisotopic (exact) mass is 318 g/mol. The highest BCUT2D eigenvalue weighted by molar-refractivity contribution is 6.09. The number of likely N-dealkylation sites (tertiary alicyclic amines) is 1. The van der Waals surface area contributed by atoms with Crippen molar-refractivity contribution in [3.8, 4) is 0 Å². The van der Waals surface area contributed by atoms with Gasteiger partial charge in [0.05, 0.1) is 0 Å². The van der Waals surface area contributed by atoms with E-state index in [0.717, 1.165) is 11.3 Å². The minimum absolute atomic E-state index is 0. The molecule has 0 spiro atoms. The van der Waals surface area contributed by atoms with Crippen LogP contribution in [0.3, 0.4) is 0 Å². The molecule has 0 saturated carbocycles. The summed E-state index contributed by atoms with van der Waals surface area (Å²) in [6.07, 6.45) is 1.81. The van der Waals surface area contributed by atoms with Gasteiger partial charge in [-0.15, -0.1) is 12.4 Å². The summed E-state index contributed by atoms with van der Waals surface area (Å²) in [6, 6.07) is -0.483. The zero-order valence-electron chi connectivity index (χ0n) is 12.4. The highest BCUT2D eigenvalue weighted by Crippen LogP contribution is 2.25. The zero-order chi connectivity index (χ0) is 14.9. The molecule has 0 radical (unpaired) electrons. The molecule has 2 rings (SSSR count). The van der Waals surface area contributed by atoms with Gasteiger partial charge in [-0.1, -0.05) is 13.8 Å². The maximum atomic E-state index is 12.4. The van der Waals surface area contributed by atoms with E-state index >= 15 is 0 Å². The first-order valence-electron chi connectivity index (χ1n) is 7.11. The second-order valence-corrected chi connectivity index (χ2v) is 5.50. The van der Waals surface area contributed by atoms with Crippen LogP contribution in [0.25, 0.3) is 0 Å². The number of nitrogens with one attached hydrogen (secondary N) is 1. The Hall–Kier alpha value is -1.34. The Morgan fingerprint density at radius 2 is 2.00 bits per heavy atom. The number of rotatable bonds is 4. The normalized spacial score (nSPS) is 24.0. The standard InChI is InChI=1S/C13H22N4O3.ClH/c1-3-13(4-2)11(19)17(12(20)15-13)8-10(18)16-6-5-9(14)7-16;/h9H,3-8,14H2,1-2H3,(H,15,20);1H/t9-;/m1./s1. The highest BCUT2D eigenvalue weighted by atomic mass is 35.5. The fourth-order valence-electron chi connectivity index (χ4n) is 2.80. The molecule has 2 aliphatic rings. The van der Waals surface area contributed by atoms with Gasteiger partial charge in [-0.3, -0.25) is 14.5 Å². The third-order valence-electron chi connectivity index (χ3n) is 4.32. The van der Waals surface area contributed by atoms with Gasteiger partial charge in [0, 0.05) is 19.1 Å². The summed E-state index contributed by atoms with van der Waals surface area (Å²) in [5.74, 6) is -0.520. The number of hydrogen-bond donors (Lipinski definition) is 2. The summed E-state index contributed by atoms with van der Waals surface area (Å²) in [5.41, 5.74) is 4.91. The minimum atomic E-state index is -0.848. The van der Waals surface area contributed by atoms with Crippen molar-refractivity contribution in [1.29, 1.82) is 0 Å². The maximum absolute atomic E-state index is 12.4. The van der Waals surface area contributed by atoms with Gasteiger partial charge in [-0.25, -0.2) is 4.79 Å². The second kappa shape index (κ2) is 6.62. The number of urea groups is 1. The molecule has 4 amide bonds. The summed E-state index contributed by atoms with van der Waals surface area (Å²) in [7, 11) is 0. The van der Waals surface area contributed by atoms with Crippen LogP contribution >= 0.6 is 12.4 Å². The Bertz CT molecular complexity index is 439. The van der Waals surface area contributed by atoms with Gasteiger partial charge < -0.3 is 16.0 Å². The Morgan fingerprint density at radius 3 is 2.43 bits per heavy atom. The highest BCUT2D eigenvalue weighted by Gasteiger charge is 2.49. The first-order valence-corrected chi connectivity index (χ1v) is 7.11. The van der Waals surface area contributed by atoms with Gasteiger partial charge in [0.2, 0.25) is 5.91 Å². The molecule has 21 heavy (non-hydrogen) atoms. The maximum Gasteiger partial charge on any atom is 0.325 e. The van der Waals surface area contributed by atoms with Crippen molar-refractivity contribution in [2.45, 2.75) is 44.7 Å². The van der Waals surface area contributed by atoms with E-state index in [-0.39, 0.29) is 36.8 Å². The molecule has 2 aliphatic heterocycles. The SMILES string of the molecule is CCC1(CC)NC(=O)N(CC(=O)N2CC[C@@H](N)C2)C1=O.Cl. The average molecular weight is 319 g/mol. The molecule has 3 N–H and O–H groups in total. The van der Waals surface area contributed by atoms with Gasteiger partial charge in [-0.2, -0.15) is 0 Å². The van der Waals surface area contributed by atoms with Gasteiger partial charge >= 0.3 is 6.03 Å². The third-order valence-corrected chi connectivity index (χ3v) is 4.32. The number of nitrogens with two attached hydrogens (primary N) is 1. The van der Waals surface area contributed by atoms with Crippen molar-refractivity contribution < 1.29 is 14.4 Å². The third kappa shape index (κ3) is 3.13. The molecule has 0 aromatic rings. The molecule has 7 nitrogen and oxygen atoms in total. The number of amides is 4. The van der Waals surface area contributed by atoms with E-state index in [4.69, 9.17) is 5.73 Å². The lowest BCUT2D eigenvalue weighted by atomic mass is 9.93. The minimum Gasteiger partial charge on any atom is -0.340 e. The fraction of sp³-hybridized carbons (Fsp3) is 0.769. The molecule has 0 aliphatic carbocycles. The lowest BCUT2D eigenvalue weighted by molar-refractivity contribution is -0.138. The second-order valence-electron chi connectivity index (χ2n) is 5.50. The van der Waals surface area contributed by atoms with E-state index < -0.39 is 11.6 Å². The molecule has 2 saturated heterocycles. The van der Waals surface area contributed by atoms with E-state index in [2.05, 4.69) is 5.32 Å². The zero-order valence-corrected chi connectivity index (χ0v) is 13.2. The van der Waals surface area contributed by atoms with Crippen LogP contribution in [-0.2, 0) is 9.59 Å². The van der Waals surface area contributed by atoms with Crippen molar-refractivity contribution in [2.75, 3.05) is 19.6 Å². The van der Waals surface area contributed by atoms with Crippen LogP contribution in [0.4, 0.5) is 4.79 Å². The largest absolute Gasteiger partial charge is 0.340 e. The number of imide groups is 1. The van der Waals surface area contributed by atoms with E-state index in [1.807, 2.05) is 13.8 Å². The predicted octanol–water partition coefficient (Wildman–Crippen LogP) is 0.0784. The molecule has 0 aromatic carbocycles. The van der Waals surface area contributed by atoms with Crippen molar-refractivity contribution in [1.82, 2.24) is 15.1 Å². The molecular weight excluding hydrogens is 296 g/mol. The fourth-order valence-corrected chi connectivity index (χ4v) is 2.80. The molecule has 2 heterocycles. The summed E-state index contributed by atoms with van der Waals surface area (Å²) in [5, 5.41) is 2.71. The lowest BCUT2D eigenvalue weighted by Gasteiger charge is -2.23. The summed E-state index contributed by atoms with van der Waals surface area (Å²) in [4.78, 5) is 39.1. The number of nitrogens with zero attached hydrogens (tertiary/aromatic N) is 2. The molecule has 0 aromatic heterocycles. The van der Waals surface area contributed by atoms with E-state index in [9.17, 15) is 14.4 Å². The first kappa shape index (κ1) is 17.7. The summed E-state index contributed by atoms with van der Waals surface area (Å²) < 4.78 is 0. The molecule has 120 valence electrons. The van der Waals surface area contributed by atoms with Crippen LogP contribution in [0, 0.1) is 0 Å². The number of carbonyl (C=O) groups is 3. The topological polar surface area (TPSA) is 95.7 Å². The first-order chi connectivity index (χ1) is 9.43. The quantitative estimate of drug-likeness (QED) is 0.717. The molecule has 0 bridgehead atoms. The molecule has 8 heteroatoms.